The molecule has 10 nitrogen and oxygen atoms in total. The summed E-state index contributed by atoms with van der Waals surface area (Å²) in [6, 6.07) is 16.9. The molecular formula is C26H24N8O2. The number of aliphatic carboxylic acids is 1. The Hall–Kier alpha value is -4.65. The predicted molar refractivity (Wildman–Crippen MR) is 131 cm³/mol. The molecule has 0 aliphatic heterocycles. The Bertz CT molecular complexity index is 1450. The SMILES string of the molecule is N#Cc1cccc(-c2cc(-c3cn(Cc4cccc([C@H]5CC[C@H](C(=O)O)CC5)n4)nn3)nc(N)n2)c1. The van der Waals surface area contributed by atoms with E-state index in [-0.39, 0.29) is 17.8 Å². The van der Waals surface area contributed by atoms with E-state index in [0.717, 1.165) is 29.8 Å². The predicted octanol–water partition coefficient (Wildman–Crippen LogP) is 3.66. The molecule has 0 unspecified atom stereocenters. The minimum Gasteiger partial charge on any atom is -0.481 e. The van der Waals surface area contributed by atoms with Crippen LogP contribution in [-0.2, 0) is 11.3 Å². The van der Waals surface area contributed by atoms with Crippen molar-refractivity contribution in [1.82, 2.24) is 29.9 Å². The van der Waals surface area contributed by atoms with Gasteiger partial charge in [-0.1, -0.05) is 23.4 Å². The summed E-state index contributed by atoms with van der Waals surface area (Å²) in [6.07, 6.45) is 4.81. The van der Waals surface area contributed by atoms with Gasteiger partial charge in [-0.3, -0.25) is 9.78 Å². The normalized spacial score (nSPS) is 17.4. The third-order valence-electron chi connectivity index (χ3n) is 6.48. The zero-order valence-electron chi connectivity index (χ0n) is 19.4. The van der Waals surface area contributed by atoms with Crippen molar-refractivity contribution in [1.29, 1.82) is 5.26 Å². The standard InChI is InChI=1S/C26H24N8O2/c27-13-16-3-1-4-19(11-16)22-12-23(31-26(28)30-22)24-15-34(33-32-24)14-20-5-2-6-21(29-20)17-7-9-18(10-8-17)25(35)36/h1-6,11-12,15,17-18H,7-10,14H2,(H,35,36)(H2,28,30,31)/t17-,18-. The summed E-state index contributed by atoms with van der Waals surface area (Å²) in [5, 5.41) is 26.9. The average Bonchev–Trinajstić information content (AvgIpc) is 3.37. The lowest BCUT2D eigenvalue weighted by Gasteiger charge is -2.25. The number of hydrogen-bond donors (Lipinski definition) is 2. The number of hydrogen-bond acceptors (Lipinski definition) is 8. The summed E-state index contributed by atoms with van der Waals surface area (Å²) < 4.78 is 1.69. The first kappa shape index (κ1) is 23.1. The topological polar surface area (TPSA) is 156 Å². The number of carbonyl (C=O) groups is 1. The Balaban J connectivity index is 1.33. The molecule has 3 aromatic heterocycles. The van der Waals surface area contributed by atoms with Crippen LogP contribution < -0.4 is 5.73 Å². The first-order chi connectivity index (χ1) is 17.5. The molecule has 36 heavy (non-hydrogen) atoms. The summed E-state index contributed by atoms with van der Waals surface area (Å²) in [6.45, 7) is 0.433. The molecular weight excluding hydrogens is 456 g/mol. The van der Waals surface area contributed by atoms with Crippen LogP contribution in [-0.4, -0.2) is 41.0 Å². The Morgan fingerprint density at radius 1 is 1.03 bits per heavy atom. The third kappa shape index (κ3) is 5.05. The fourth-order valence-electron chi connectivity index (χ4n) is 4.60. The largest absolute Gasteiger partial charge is 0.481 e. The summed E-state index contributed by atoms with van der Waals surface area (Å²) in [5.74, 6) is -0.574. The van der Waals surface area contributed by atoms with Crippen LogP contribution in [0.4, 0.5) is 5.95 Å². The van der Waals surface area contributed by atoms with Gasteiger partial charge in [0.15, 0.2) is 0 Å². The molecule has 1 saturated carbocycles. The molecule has 3 N–H and O–H groups in total. The van der Waals surface area contributed by atoms with Crippen LogP contribution in [0.1, 0.15) is 48.6 Å². The first-order valence-electron chi connectivity index (χ1n) is 11.7. The van der Waals surface area contributed by atoms with E-state index in [1.54, 1.807) is 35.1 Å². The molecule has 1 aliphatic carbocycles. The van der Waals surface area contributed by atoms with E-state index >= 15 is 0 Å². The van der Waals surface area contributed by atoms with E-state index in [1.165, 1.54) is 0 Å². The smallest absolute Gasteiger partial charge is 0.306 e. The Labute approximate surface area is 207 Å². The van der Waals surface area contributed by atoms with Crippen molar-refractivity contribution in [2.45, 2.75) is 38.1 Å². The van der Waals surface area contributed by atoms with Crippen molar-refractivity contribution in [2.24, 2.45) is 5.92 Å². The van der Waals surface area contributed by atoms with Gasteiger partial charge in [-0.2, -0.15) is 5.26 Å². The number of aromatic nitrogens is 6. The van der Waals surface area contributed by atoms with Crippen molar-refractivity contribution < 1.29 is 9.90 Å². The van der Waals surface area contributed by atoms with Crippen LogP contribution >= 0.6 is 0 Å². The quantitative estimate of drug-likeness (QED) is 0.420. The number of pyridine rings is 1. The summed E-state index contributed by atoms with van der Waals surface area (Å²) in [5.41, 5.74) is 10.8. The van der Waals surface area contributed by atoms with Crippen molar-refractivity contribution >= 4 is 11.9 Å². The van der Waals surface area contributed by atoms with Gasteiger partial charge in [-0.05, 0) is 56.0 Å². The zero-order valence-corrected chi connectivity index (χ0v) is 19.4. The second-order valence-corrected chi connectivity index (χ2v) is 8.93. The number of nitrogens with two attached hydrogens (primary N) is 1. The van der Waals surface area contributed by atoms with Gasteiger partial charge in [0.25, 0.3) is 0 Å². The van der Waals surface area contributed by atoms with E-state index in [9.17, 15) is 15.2 Å². The monoisotopic (exact) mass is 480 g/mol. The Morgan fingerprint density at radius 3 is 2.58 bits per heavy atom. The Kier molecular flexibility index (Phi) is 6.36. The fourth-order valence-corrected chi connectivity index (χ4v) is 4.60. The van der Waals surface area contributed by atoms with E-state index in [4.69, 9.17) is 10.7 Å². The van der Waals surface area contributed by atoms with Crippen LogP contribution in [0.15, 0.2) is 54.7 Å². The van der Waals surface area contributed by atoms with Crippen molar-refractivity contribution in [3.8, 4) is 28.7 Å². The molecule has 0 atom stereocenters. The van der Waals surface area contributed by atoms with Crippen LogP contribution in [0.3, 0.4) is 0 Å². The van der Waals surface area contributed by atoms with Gasteiger partial charge in [0.05, 0.1) is 47.4 Å². The second-order valence-electron chi connectivity index (χ2n) is 8.93. The molecule has 1 fully saturated rings. The number of rotatable bonds is 6. The number of anilines is 1. The molecule has 0 spiro atoms. The van der Waals surface area contributed by atoms with Gasteiger partial charge >= 0.3 is 5.97 Å². The maximum absolute atomic E-state index is 11.2. The molecule has 10 heteroatoms. The fraction of sp³-hybridized carbons (Fsp3) is 0.269. The molecule has 3 heterocycles. The minimum absolute atomic E-state index is 0.103. The number of carboxylic acid groups (broad SMARTS) is 1. The third-order valence-corrected chi connectivity index (χ3v) is 6.48. The van der Waals surface area contributed by atoms with Gasteiger partial charge in [-0.25, -0.2) is 14.6 Å². The molecule has 4 aromatic rings. The van der Waals surface area contributed by atoms with E-state index < -0.39 is 5.97 Å². The van der Waals surface area contributed by atoms with Crippen LogP contribution in [0, 0.1) is 17.2 Å². The highest BCUT2D eigenvalue weighted by Crippen LogP contribution is 2.35. The van der Waals surface area contributed by atoms with Crippen LogP contribution in [0.25, 0.3) is 22.6 Å². The van der Waals surface area contributed by atoms with E-state index in [0.29, 0.717) is 42.0 Å². The van der Waals surface area contributed by atoms with Crippen molar-refractivity contribution in [3.63, 3.8) is 0 Å². The highest BCUT2D eigenvalue weighted by atomic mass is 16.4. The maximum Gasteiger partial charge on any atom is 0.306 e. The van der Waals surface area contributed by atoms with Gasteiger partial charge in [-0.15, -0.1) is 5.10 Å². The molecule has 5 rings (SSSR count). The minimum atomic E-state index is -0.703. The Morgan fingerprint density at radius 2 is 1.81 bits per heavy atom. The van der Waals surface area contributed by atoms with E-state index in [2.05, 4.69) is 26.3 Å². The van der Waals surface area contributed by atoms with Gasteiger partial charge < -0.3 is 10.8 Å². The average molecular weight is 481 g/mol. The highest BCUT2D eigenvalue weighted by molar-refractivity contribution is 5.70. The lowest BCUT2D eigenvalue weighted by atomic mass is 9.80. The molecule has 0 radical (unpaired) electrons. The first-order valence-corrected chi connectivity index (χ1v) is 11.7. The molecule has 1 aliphatic rings. The van der Waals surface area contributed by atoms with Gasteiger partial charge in [0, 0.05) is 17.2 Å². The lowest BCUT2D eigenvalue weighted by molar-refractivity contribution is -0.142. The number of nitrogen functional groups attached to an aromatic ring is 1. The van der Waals surface area contributed by atoms with Crippen LogP contribution in [0.5, 0.6) is 0 Å². The lowest BCUT2D eigenvalue weighted by Crippen LogP contribution is -2.21. The number of nitriles is 1. The van der Waals surface area contributed by atoms with Crippen molar-refractivity contribution in [3.05, 3.63) is 71.7 Å². The molecule has 180 valence electrons. The molecule has 1 aromatic carbocycles. The zero-order chi connectivity index (χ0) is 25.1. The summed E-state index contributed by atoms with van der Waals surface area (Å²) in [4.78, 5) is 24.7. The van der Waals surface area contributed by atoms with E-state index in [1.807, 2.05) is 24.3 Å². The van der Waals surface area contributed by atoms with Gasteiger partial charge in [0.2, 0.25) is 5.95 Å². The van der Waals surface area contributed by atoms with Gasteiger partial charge in [0.1, 0.15) is 5.69 Å². The number of benzene rings is 1. The molecule has 0 saturated heterocycles. The maximum atomic E-state index is 11.2. The summed E-state index contributed by atoms with van der Waals surface area (Å²) >= 11 is 0. The van der Waals surface area contributed by atoms with Crippen molar-refractivity contribution in [2.75, 3.05) is 5.73 Å². The number of carboxylic acids is 1. The molecule has 0 bridgehead atoms. The highest BCUT2D eigenvalue weighted by Gasteiger charge is 2.27. The molecule has 0 amide bonds. The van der Waals surface area contributed by atoms with Crippen LogP contribution in [0.2, 0.25) is 0 Å². The summed E-state index contributed by atoms with van der Waals surface area (Å²) in [7, 11) is 0. The second kappa shape index (κ2) is 9.92. The number of nitrogens with zero attached hydrogens (tertiary/aromatic N) is 7.